The zero-order valence-electron chi connectivity index (χ0n) is 19.9. The molecule has 2 aliphatic rings. The lowest BCUT2D eigenvalue weighted by atomic mass is 10.0. The predicted octanol–water partition coefficient (Wildman–Crippen LogP) is 1.93. The van der Waals surface area contributed by atoms with Gasteiger partial charge in [0.1, 0.15) is 23.6 Å². The standard InChI is InChI=1S/C20H31N4O6PS/c1-12(2)24(13(3)4)31(28-9-8-21-7)30-16-15-18(29-20(16,6)11-32(15)27)23-10-14(5)17(25)22-19(23)26/h10,12-13,15-16,18H,8-9,11H2,1-6H3,(H,22,25,26)/t15-,16+,18-,20+,31?,32?/m1/s1/i6D. The van der Waals surface area contributed by atoms with Gasteiger partial charge < -0.3 is 18.6 Å². The maximum Gasteiger partial charge on any atom is 0.330 e. The summed E-state index contributed by atoms with van der Waals surface area (Å²) in [5.74, 6) is 0.119. The highest BCUT2D eigenvalue weighted by Crippen LogP contribution is 2.55. The van der Waals surface area contributed by atoms with E-state index in [0.29, 0.717) is 5.56 Å². The molecule has 1 aromatic heterocycles. The number of aromatic amines is 1. The van der Waals surface area contributed by atoms with Crippen LogP contribution in [0.3, 0.4) is 0 Å². The van der Waals surface area contributed by atoms with E-state index in [1.54, 1.807) is 6.92 Å². The van der Waals surface area contributed by atoms with Gasteiger partial charge in [0.15, 0.2) is 6.23 Å². The Bertz CT molecular complexity index is 1030. The third-order valence-electron chi connectivity index (χ3n) is 5.42. The molecule has 1 N–H and O–H groups in total. The molecule has 0 radical (unpaired) electrons. The molecule has 2 unspecified atom stereocenters. The summed E-state index contributed by atoms with van der Waals surface area (Å²) in [5, 5.41) is -0.714. The summed E-state index contributed by atoms with van der Waals surface area (Å²) in [7, 11) is -3.08. The van der Waals surface area contributed by atoms with Crippen molar-refractivity contribution in [2.24, 2.45) is 0 Å². The van der Waals surface area contributed by atoms with Crippen LogP contribution in [0.1, 0.15) is 47.8 Å². The summed E-state index contributed by atoms with van der Waals surface area (Å²) in [4.78, 5) is 29.9. The van der Waals surface area contributed by atoms with Gasteiger partial charge in [-0.3, -0.25) is 18.6 Å². The number of hydrogen-bond donors (Lipinski definition) is 1. The van der Waals surface area contributed by atoms with Crippen molar-refractivity contribution in [1.29, 1.82) is 0 Å². The summed E-state index contributed by atoms with van der Waals surface area (Å²) in [6.45, 7) is 16.8. The van der Waals surface area contributed by atoms with Crippen molar-refractivity contribution >= 4 is 19.3 Å². The number of aryl methyl sites for hydroxylation is 1. The second-order valence-corrected chi connectivity index (χ2v) is 11.6. The van der Waals surface area contributed by atoms with Crippen LogP contribution in [0, 0.1) is 13.5 Å². The van der Waals surface area contributed by atoms with Crippen LogP contribution in [-0.2, 0) is 24.6 Å². The zero-order chi connectivity index (χ0) is 24.5. The van der Waals surface area contributed by atoms with Crippen molar-refractivity contribution in [3.63, 3.8) is 0 Å². The van der Waals surface area contributed by atoms with Crippen LogP contribution < -0.4 is 11.2 Å². The van der Waals surface area contributed by atoms with Crippen molar-refractivity contribution < 1.29 is 19.4 Å². The van der Waals surface area contributed by atoms with E-state index in [2.05, 4.69) is 14.5 Å². The Hall–Kier alpha value is -1.41. The van der Waals surface area contributed by atoms with Gasteiger partial charge in [0, 0.05) is 36.0 Å². The molecule has 0 amide bonds. The number of ether oxygens (including phenoxy) is 1. The van der Waals surface area contributed by atoms with Crippen LogP contribution in [-0.4, -0.2) is 66.4 Å². The molecule has 2 fully saturated rings. The Labute approximate surface area is 192 Å². The van der Waals surface area contributed by atoms with Crippen LogP contribution >= 0.6 is 8.53 Å². The minimum Gasteiger partial charge on any atom is -0.347 e. The Balaban J connectivity index is 1.99. The Morgan fingerprint density at radius 2 is 2.16 bits per heavy atom. The largest absolute Gasteiger partial charge is 0.347 e. The molecule has 3 heterocycles. The molecular formula is C20H31N4O6PS. The summed E-state index contributed by atoms with van der Waals surface area (Å²) < 4.78 is 43.3. The van der Waals surface area contributed by atoms with Crippen LogP contribution in [0.5, 0.6) is 0 Å². The smallest absolute Gasteiger partial charge is 0.330 e. The fraction of sp³-hybridized carbons (Fsp3) is 0.750. The first kappa shape index (κ1) is 23.7. The minimum absolute atomic E-state index is 0.0711. The monoisotopic (exact) mass is 487 g/mol. The van der Waals surface area contributed by atoms with Gasteiger partial charge in [0.25, 0.3) is 14.1 Å². The van der Waals surface area contributed by atoms with Crippen molar-refractivity contribution in [1.82, 2.24) is 14.2 Å². The lowest BCUT2D eigenvalue weighted by Crippen LogP contribution is -2.41. The molecule has 32 heavy (non-hydrogen) atoms. The summed E-state index contributed by atoms with van der Waals surface area (Å²) >= 11 is 0. The quantitative estimate of drug-likeness (QED) is 0.322. The first-order valence-corrected chi connectivity index (χ1v) is 12.9. The third kappa shape index (κ3) is 4.76. The second kappa shape index (κ2) is 9.84. The van der Waals surface area contributed by atoms with Gasteiger partial charge in [-0.15, -0.1) is 0 Å². The zero-order valence-corrected chi connectivity index (χ0v) is 20.7. The van der Waals surface area contributed by atoms with E-state index in [0.717, 1.165) is 0 Å². The van der Waals surface area contributed by atoms with E-state index in [9.17, 15) is 13.8 Å². The first-order chi connectivity index (χ1) is 15.6. The molecule has 0 aliphatic carbocycles. The first-order valence-electron chi connectivity index (χ1n) is 11.1. The van der Waals surface area contributed by atoms with E-state index in [-0.39, 0.29) is 37.9 Å². The molecule has 10 nitrogen and oxygen atoms in total. The number of hydrogen-bond acceptors (Lipinski definition) is 7. The van der Waals surface area contributed by atoms with Crippen LogP contribution in [0.4, 0.5) is 0 Å². The maximum atomic E-state index is 13.1. The van der Waals surface area contributed by atoms with E-state index in [1.165, 1.54) is 10.8 Å². The molecule has 12 heteroatoms. The number of rotatable bonds is 9. The van der Waals surface area contributed by atoms with Gasteiger partial charge in [-0.2, -0.15) is 0 Å². The number of nitrogens with one attached hydrogen (secondary N) is 1. The van der Waals surface area contributed by atoms with Gasteiger partial charge >= 0.3 is 5.69 Å². The Kier molecular flexibility index (Phi) is 7.30. The van der Waals surface area contributed by atoms with Crippen LogP contribution in [0.2, 0.25) is 0 Å². The Morgan fingerprint density at radius 3 is 2.75 bits per heavy atom. The van der Waals surface area contributed by atoms with Crippen molar-refractivity contribution in [2.75, 3.05) is 18.9 Å². The fourth-order valence-corrected chi connectivity index (χ4v) is 7.90. The summed E-state index contributed by atoms with van der Waals surface area (Å²) in [5.41, 5.74) is -2.02. The lowest BCUT2D eigenvalue weighted by molar-refractivity contribution is -0.0759. The molecule has 2 aliphatic heterocycles. The predicted molar refractivity (Wildman–Crippen MR) is 123 cm³/mol. The SMILES string of the molecule is [2H]C[C@@]12CS(=O)[C@@H]([C@H](n3cc(C)c(=O)[nH]c3=O)O1)[C@@H]2OP(OCC[N+]#[C-])N(C(C)C)C(C)C. The number of aromatic nitrogens is 2. The fourth-order valence-electron chi connectivity index (χ4n) is 4.08. The highest BCUT2D eigenvalue weighted by Gasteiger charge is 2.64. The summed E-state index contributed by atoms with van der Waals surface area (Å²) in [6, 6.07) is 0.142. The Morgan fingerprint density at radius 1 is 1.47 bits per heavy atom. The van der Waals surface area contributed by atoms with Crippen molar-refractivity contribution in [3.05, 3.63) is 44.0 Å². The van der Waals surface area contributed by atoms with Gasteiger partial charge in [0.05, 0.1) is 5.75 Å². The average Bonchev–Trinajstić information content (AvgIpc) is 3.18. The molecule has 2 bridgehead atoms. The minimum atomic E-state index is -1.66. The third-order valence-corrected chi connectivity index (χ3v) is 9.39. The molecule has 0 spiro atoms. The van der Waals surface area contributed by atoms with Crippen LogP contribution in [0.25, 0.3) is 4.85 Å². The molecule has 6 atom stereocenters. The van der Waals surface area contributed by atoms with Crippen LogP contribution in [0.15, 0.2) is 15.8 Å². The lowest BCUT2D eigenvalue weighted by Gasteiger charge is -2.38. The number of nitrogens with zero attached hydrogens (tertiary/aromatic N) is 3. The number of H-pyrrole nitrogens is 1. The molecule has 2 saturated heterocycles. The van der Waals surface area contributed by atoms with E-state index in [1.807, 2.05) is 27.7 Å². The average molecular weight is 488 g/mol. The molecule has 3 rings (SSSR count). The molecule has 0 saturated carbocycles. The van der Waals surface area contributed by atoms with Crippen molar-refractivity contribution in [2.45, 2.75) is 76.8 Å². The van der Waals surface area contributed by atoms with Gasteiger partial charge in [0.2, 0.25) is 6.54 Å². The normalized spacial score (nSPS) is 30.8. The highest BCUT2D eigenvalue weighted by atomic mass is 32.2. The molecular weight excluding hydrogens is 455 g/mol. The van der Waals surface area contributed by atoms with E-state index < -0.39 is 53.8 Å². The number of fused-ring (bicyclic) bond motifs is 2. The topological polar surface area (TPSA) is 107 Å². The summed E-state index contributed by atoms with van der Waals surface area (Å²) in [6.07, 6.45) is -0.300. The van der Waals surface area contributed by atoms with Crippen molar-refractivity contribution in [3.8, 4) is 0 Å². The van der Waals surface area contributed by atoms with Gasteiger partial charge in [-0.25, -0.2) is 16.0 Å². The molecule has 0 aromatic carbocycles. The van der Waals surface area contributed by atoms with E-state index in [4.69, 9.17) is 21.7 Å². The maximum absolute atomic E-state index is 13.1. The van der Waals surface area contributed by atoms with Gasteiger partial charge in [-0.05, 0) is 41.5 Å². The van der Waals surface area contributed by atoms with E-state index >= 15 is 0 Å². The van der Waals surface area contributed by atoms with Gasteiger partial charge in [-0.1, -0.05) is 0 Å². The molecule has 178 valence electrons. The second-order valence-electron chi connectivity index (χ2n) is 8.59. The molecule has 1 aromatic rings. The highest BCUT2D eigenvalue weighted by molar-refractivity contribution is 7.86.